The third-order valence-electron chi connectivity index (χ3n) is 2.96. The molecule has 1 aromatic carbocycles. The van der Waals surface area contributed by atoms with E-state index in [9.17, 15) is 19.5 Å². The fourth-order valence-corrected chi connectivity index (χ4v) is 1.81. The van der Waals surface area contributed by atoms with Crippen LogP contribution >= 0.6 is 0 Å². The normalized spacial score (nSPS) is 13.6. The topological polar surface area (TPSA) is 105 Å². The van der Waals surface area contributed by atoms with Crippen LogP contribution in [0.1, 0.15) is 33.3 Å². The Morgan fingerprint density at radius 2 is 1.65 bits per heavy atom. The van der Waals surface area contributed by atoms with Crippen LogP contribution in [0.15, 0.2) is 30.3 Å². The van der Waals surface area contributed by atoms with E-state index in [1.54, 1.807) is 51.1 Å². The van der Waals surface area contributed by atoms with Crippen LogP contribution in [0.4, 0.5) is 4.79 Å². The van der Waals surface area contributed by atoms with E-state index in [4.69, 9.17) is 4.74 Å². The van der Waals surface area contributed by atoms with Gasteiger partial charge in [-0.15, -0.1) is 0 Å². The molecule has 0 spiro atoms. The van der Waals surface area contributed by atoms with Gasteiger partial charge in [0.1, 0.15) is 12.1 Å². The Hall–Kier alpha value is -2.57. The maximum atomic E-state index is 12.0. The zero-order valence-corrected chi connectivity index (χ0v) is 13.7. The summed E-state index contributed by atoms with van der Waals surface area (Å²) in [5.74, 6) is -1.83. The van der Waals surface area contributed by atoms with Crippen LogP contribution in [0, 0.1) is 0 Å². The standard InChI is InChI=1S/C16H22N2O5/c1-15(2,3)23-14(22)17-10-12(19)18-16(4,13(20)21)11-8-6-5-7-9-11/h5-9H,10H2,1-4H3,(H,17,22)(H,18,19)(H,20,21). The third kappa shape index (κ3) is 5.61. The van der Waals surface area contributed by atoms with E-state index in [2.05, 4.69) is 10.6 Å². The molecule has 2 amide bonds. The Balaban J connectivity index is 2.70. The number of ether oxygens (including phenoxy) is 1. The Bertz CT molecular complexity index is 580. The summed E-state index contributed by atoms with van der Waals surface area (Å²) in [6, 6.07) is 8.33. The summed E-state index contributed by atoms with van der Waals surface area (Å²) < 4.78 is 5.00. The highest BCUT2D eigenvalue weighted by Crippen LogP contribution is 2.20. The lowest BCUT2D eigenvalue weighted by atomic mass is 9.92. The van der Waals surface area contributed by atoms with Crippen LogP contribution < -0.4 is 10.6 Å². The molecule has 0 aromatic heterocycles. The van der Waals surface area contributed by atoms with Crippen molar-refractivity contribution in [2.45, 2.75) is 38.8 Å². The second-order valence-corrected chi connectivity index (χ2v) is 6.20. The van der Waals surface area contributed by atoms with Crippen molar-refractivity contribution in [3.63, 3.8) is 0 Å². The molecule has 1 aromatic rings. The van der Waals surface area contributed by atoms with E-state index < -0.39 is 29.1 Å². The van der Waals surface area contributed by atoms with Gasteiger partial charge in [0.15, 0.2) is 5.54 Å². The fraction of sp³-hybridized carbons (Fsp3) is 0.438. The number of carboxylic acids is 1. The van der Waals surface area contributed by atoms with Crippen molar-refractivity contribution in [3.8, 4) is 0 Å². The van der Waals surface area contributed by atoms with Crippen molar-refractivity contribution in [1.82, 2.24) is 10.6 Å². The number of hydrogen-bond donors (Lipinski definition) is 3. The minimum atomic E-state index is -1.59. The van der Waals surface area contributed by atoms with E-state index in [1.165, 1.54) is 6.92 Å². The quantitative estimate of drug-likeness (QED) is 0.764. The van der Waals surface area contributed by atoms with Crippen LogP contribution in [0.2, 0.25) is 0 Å². The molecule has 0 bridgehead atoms. The Labute approximate surface area is 135 Å². The molecule has 7 heteroatoms. The lowest BCUT2D eigenvalue weighted by molar-refractivity contribution is -0.147. The summed E-state index contributed by atoms with van der Waals surface area (Å²) in [6.45, 7) is 6.09. The molecule has 0 aliphatic carbocycles. The van der Waals surface area contributed by atoms with Gasteiger partial charge in [0.05, 0.1) is 0 Å². The van der Waals surface area contributed by atoms with Gasteiger partial charge in [-0.3, -0.25) is 4.79 Å². The summed E-state index contributed by atoms with van der Waals surface area (Å²) in [6.07, 6.45) is -0.746. The number of aliphatic carboxylic acids is 1. The number of rotatable bonds is 5. The van der Waals surface area contributed by atoms with Gasteiger partial charge in [0, 0.05) is 0 Å². The first-order chi connectivity index (χ1) is 10.5. The van der Waals surface area contributed by atoms with Gasteiger partial charge < -0.3 is 20.5 Å². The number of alkyl carbamates (subject to hydrolysis) is 1. The highest BCUT2D eigenvalue weighted by molar-refractivity contribution is 5.89. The summed E-state index contributed by atoms with van der Waals surface area (Å²) in [4.78, 5) is 35.0. The smallest absolute Gasteiger partial charge is 0.408 e. The second kappa shape index (κ2) is 7.13. The molecule has 0 heterocycles. The van der Waals surface area contributed by atoms with Crippen molar-refractivity contribution in [1.29, 1.82) is 0 Å². The molecule has 23 heavy (non-hydrogen) atoms. The van der Waals surface area contributed by atoms with Crippen molar-refractivity contribution in [2.24, 2.45) is 0 Å². The lowest BCUT2D eigenvalue weighted by Gasteiger charge is -2.27. The van der Waals surface area contributed by atoms with Crippen molar-refractivity contribution in [2.75, 3.05) is 6.54 Å². The van der Waals surface area contributed by atoms with Crippen LogP contribution in [0.5, 0.6) is 0 Å². The van der Waals surface area contributed by atoms with E-state index >= 15 is 0 Å². The Morgan fingerprint density at radius 3 is 2.13 bits per heavy atom. The highest BCUT2D eigenvalue weighted by Gasteiger charge is 2.36. The molecule has 0 fully saturated rings. The van der Waals surface area contributed by atoms with Gasteiger partial charge in [-0.05, 0) is 33.3 Å². The number of carbonyl (C=O) groups excluding carboxylic acids is 2. The largest absolute Gasteiger partial charge is 0.479 e. The number of nitrogens with one attached hydrogen (secondary N) is 2. The fourth-order valence-electron chi connectivity index (χ4n) is 1.81. The average molecular weight is 322 g/mol. The van der Waals surface area contributed by atoms with Crippen LogP contribution in [-0.4, -0.2) is 35.2 Å². The predicted molar refractivity (Wildman–Crippen MR) is 83.8 cm³/mol. The molecule has 0 saturated carbocycles. The van der Waals surface area contributed by atoms with Gasteiger partial charge in [0.25, 0.3) is 0 Å². The summed E-state index contributed by atoms with van der Waals surface area (Å²) in [5.41, 5.74) is -1.84. The summed E-state index contributed by atoms with van der Waals surface area (Å²) in [5, 5.41) is 14.1. The van der Waals surface area contributed by atoms with Crippen LogP contribution in [0.3, 0.4) is 0 Å². The second-order valence-electron chi connectivity index (χ2n) is 6.20. The number of amides is 2. The molecule has 1 unspecified atom stereocenters. The average Bonchev–Trinajstić information content (AvgIpc) is 2.44. The third-order valence-corrected chi connectivity index (χ3v) is 2.96. The van der Waals surface area contributed by atoms with E-state index in [-0.39, 0.29) is 6.54 Å². The van der Waals surface area contributed by atoms with Gasteiger partial charge in [-0.2, -0.15) is 0 Å². The number of carbonyl (C=O) groups is 3. The molecule has 0 radical (unpaired) electrons. The molecular weight excluding hydrogens is 300 g/mol. The highest BCUT2D eigenvalue weighted by atomic mass is 16.6. The molecule has 7 nitrogen and oxygen atoms in total. The van der Waals surface area contributed by atoms with Crippen molar-refractivity contribution < 1.29 is 24.2 Å². The van der Waals surface area contributed by atoms with Crippen LogP contribution in [-0.2, 0) is 19.9 Å². The number of hydrogen-bond acceptors (Lipinski definition) is 4. The molecule has 3 N–H and O–H groups in total. The first kappa shape index (κ1) is 18.5. The Kier molecular flexibility index (Phi) is 5.73. The predicted octanol–water partition coefficient (Wildman–Crippen LogP) is 1.63. The first-order valence-corrected chi connectivity index (χ1v) is 7.11. The lowest BCUT2D eigenvalue weighted by Crippen LogP contribution is -2.52. The molecule has 126 valence electrons. The van der Waals surface area contributed by atoms with E-state index in [0.717, 1.165) is 0 Å². The van der Waals surface area contributed by atoms with Gasteiger partial charge in [0.2, 0.25) is 5.91 Å². The van der Waals surface area contributed by atoms with Crippen LogP contribution in [0.25, 0.3) is 0 Å². The zero-order valence-electron chi connectivity index (χ0n) is 13.7. The summed E-state index contributed by atoms with van der Waals surface area (Å²) in [7, 11) is 0. The molecular formula is C16H22N2O5. The number of carboxylic acid groups (broad SMARTS) is 1. The SMILES string of the molecule is CC(C)(C)OC(=O)NCC(=O)NC(C)(C(=O)O)c1ccccc1. The molecule has 1 rings (SSSR count). The first-order valence-electron chi connectivity index (χ1n) is 7.11. The Morgan fingerprint density at radius 1 is 1.09 bits per heavy atom. The van der Waals surface area contributed by atoms with E-state index in [1.807, 2.05) is 0 Å². The van der Waals surface area contributed by atoms with Gasteiger partial charge in [-0.25, -0.2) is 9.59 Å². The van der Waals surface area contributed by atoms with Gasteiger partial charge >= 0.3 is 12.1 Å². The minimum Gasteiger partial charge on any atom is -0.479 e. The van der Waals surface area contributed by atoms with Crippen molar-refractivity contribution >= 4 is 18.0 Å². The molecule has 1 atom stereocenters. The molecule has 0 aliphatic rings. The van der Waals surface area contributed by atoms with E-state index in [0.29, 0.717) is 5.56 Å². The maximum Gasteiger partial charge on any atom is 0.408 e. The van der Waals surface area contributed by atoms with Crippen molar-refractivity contribution in [3.05, 3.63) is 35.9 Å². The molecule has 0 saturated heterocycles. The maximum absolute atomic E-state index is 12.0. The monoisotopic (exact) mass is 322 g/mol. The number of benzene rings is 1. The van der Waals surface area contributed by atoms with Gasteiger partial charge in [-0.1, -0.05) is 30.3 Å². The zero-order chi connectivity index (χ0) is 17.7. The minimum absolute atomic E-state index is 0.384. The summed E-state index contributed by atoms with van der Waals surface area (Å²) >= 11 is 0. The molecule has 0 aliphatic heterocycles.